The van der Waals surface area contributed by atoms with Crippen molar-refractivity contribution in [2.45, 2.75) is 5.25 Å². The number of aromatic carboxylic acids is 1. The summed E-state index contributed by atoms with van der Waals surface area (Å²) in [6.07, 6.45) is 0. The quantitative estimate of drug-likeness (QED) is 0.834. The van der Waals surface area contributed by atoms with Gasteiger partial charge in [0.1, 0.15) is 10.8 Å². The van der Waals surface area contributed by atoms with Crippen molar-refractivity contribution in [2.24, 2.45) is 0 Å². The molecule has 2 N–H and O–H groups in total. The summed E-state index contributed by atoms with van der Waals surface area (Å²) >= 11 is 0. The smallest absolute Gasteiger partial charge is 0.338 e. The van der Waals surface area contributed by atoms with Crippen LogP contribution in [0, 0.1) is 0 Å². The minimum absolute atomic E-state index is 0.00123. The van der Waals surface area contributed by atoms with Gasteiger partial charge in [-0.3, -0.25) is 0 Å². The molecule has 0 amide bonds. The number of rotatable bonds is 2. The van der Waals surface area contributed by atoms with Crippen molar-refractivity contribution < 1.29 is 22.7 Å². The van der Waals surface area contributed by atoms with E-state index in [-0.39, 0.29) is 34.9 Å². The van der Waals surface area contributed by atoms with E-state index >= 15 is 0 Å². The summed E-state index contributed by atoms with van der Waals surface area (Å²) in [6, 6.07) is 4.51. The molecular weight excluding hydrogens is 284 g/mol. The average Bonchev–Trinajstić information content (AvgIpc) is 2.80. The molecule has 1 unspecified atom stereocenters. The molecule has 8 heteroatoms. The molecule has 1 aliphatic heterocycles. The minimum Gasteiger partial charge on any atom is -0.478 e. The van der Waals surface area contributed by atoms with Gasteiger partial charge in [-0.05, 0) is 12.1 Å². The highest BCUT2D eigenvalue weighted by Gasteiger charge is 2.34. The fourth-order valence-corrected chi connectivity index (χ4v) is 3.73. The van der Waals surface area contributed by atoms with E-state index in [9.17, 15) is 13.2 Å². The number of nitrogens with zero attached hydrogens (tertiary/aromatic N) is 1. The molecule has 1 atom stereocenters. The highest BCUT2D eigenvalue weighted by atomic mass is 32.2. The van der Waals surface area contributed by atoms with E-state index in [0.29, 0.717) is 6.54 Å². The topological polar surface area (TPSA) is 109 Å². The molecule has 1 aromatic carbocycles. The number of oxazole rings is 1. The van der Waals surface area contributed by atoms with Gasteiger partial charge in [0, 0.05) is 13.1 Å². The van der Waals surface area contributed by atoms with Crippen molar-refractivity contribution in [1.29, 1.82) is 0 Å². The van der Waals surface area contributed by atoms with Crippen molar-refractivity contribution in [3.05, 3.63) is 29.7 Å². The van der Waals surface area contributed by atoms with E-state index in [4.69, 9.17) is 9.52 Å². The summed E-state index contributed by atoms with van der Waals surface area (Å²) < 4.78 is 29.5. The van der Waals surface area contributed by atoms with E-state index in [1.165, 1.54) is 12.1 Å². The van der Waals surface area contributed by atoms with Crippen molar-refractivity contribution in [2.75, 3.05) is 18.8 Å². The summed E-state index contributed by atoms with van der Waals surface area (Å²) in [5.74, 6) is -1.07. The maximum Gasteiger partial charge on any atom is 0.338 e. The van der Waals surface area contributed by atoms with Crippen LogP contribution in [-0.2, 0) is 9.84 Å². The van der Waals surface area contributed by atoms with E-state index in [1.54, 1.807) is 6.07 Å². The monoisotopic (exact) mass is 296 g/mol. The minimum atomic E-state index is -3.32. The van der Waals surface area contributed by atoms with Gasteiger partial charge in [-0.15, -0.1) is 0 Å². The first-order chi connectivity index (χ1) is 9.49. The molecule has 20 heavy (non-hydrogen) atoms. The van der Waals surface area contributed by atoms with Gasteiger partial charge < -0.3 is 14.8 Å². The number of hydrogen-bond acceptors (Lipinski definition) is 6. The summed E-state index contributed by atoms with van der Waals surface area (Å²) in [4.78, 5) is 15.2. The largest absolute Gasteiger partial charge is 0.478 e. The molecule has 1 fully saturated rings. The van der Waals surface area contributed by atoms with Gasteiger partial charge in [0.15, 0.2) is 15.4 Å². The molecule has 7 nitrogen and oxygen atoms in total. The Hall–Kier alpha value is -1.93. The third-order valence-electron chi connectivity index (χ3n) is 3.27. The molecule has 2 heterocycles. The van der Waals surface area contributed by atoms with Gasteiger partial charge in [0.25, 0.3) is 0 Å². The van der Waals surface area contributed by atoms with E-state index in [2.05, 4.69) is 10.3 Å². The van der Waals surface area contributed by atoms with Gasteiger partial charge in [0.05, 0.1) is 11.3 Å². The molecule has 0 spiro atoms. The predicted octanol–water partition coefficient (Wildman–Crippen LogP) is 0.585. The fraction of sp³-hybridized carbons (Fsp3) is 0.333. The lowest BCUT2D eigenvalue weighted by Gasteiger charge is -2.20. The number of carboxylic acids is 1. The number of hydrogen-bond donors (Lipinski definition) is 2. The normalized spacial score (nSPS) is 21.9. The summed E-state index contributed by atoms with van der Waals surface area (Å²) in [5.41, 5.74) is 0.454. The van der Waals surface area contributed by atoms with Gasteiger partial charge in [-0.2, -0.15) is 0 Å². The standard InChI is InChI=1S/C12H12N2O5S/c15-12(16)7-2-1-3-8-10(7)14-11(19-8)9-6-13-4-5-20(9,17)18/h1-3,9,13H,4-6H2,(H,15,16). The third-order valence-corrected chi connectivity index (χ3v) is 5.28. The van der Waals surface area contributed by atoms with Crippen LogP contribution in [-0.4, -0.2) is 43.3 Å². The zero-order valence-corrected chi connectivity index (χ0v) is 11.2. The Balaban J connectivity index is 2.14. The van der Waals surface area contributed by atoms with Crippen molar-refractivity contribution in [1.82, 2.24) is 10.3 Å². The van der Waals surface area contributed by atoms with Crippen LogP contribution >= 0.6 is 0 Å². The van der Waals surface area contributed by atoms with Gasteiger partial charge >= 0.3 is 5.97 Å². The van der Waals surface area contributed by atoms with E-state index in [1.807, 2.05) is 0 Å². The number of nitrogens with one attached hydrogen (secondary N) is 1. The number of para-hydroxylation sites is 1. The molecule has 0 radical (unpaired) electrons. The second kappa shape index (κ2) is 4.57. The summed E-state index contributed by atoms with van der Waals surface area (Å²) in [6.45, 7) is 0.622. The summed E-state index contributed by atoms with van der Waals surface area (Å²) in [7, 11) is -3.32. The predicted molar refractivity (Wildman–Crippen MR) is 70.4 cm³/mol. The molecule has 2 aromatic rings. The van der Waals surface area contributed by atoms with Gasteiger partial charge in [0.2, 0.25) is 5.89 Å². The Labute approximate surface area is 114 Å². The van der Waals surface area contributed by atoms with Crippen molar-refractivity contribution in [3.8, 4) is 0 Å². The van der Waals surface area contributed by atoms with Crippen molar-refractivity contribution >= 4 is 26.9 Å². The van der Waals surface area contributed by atoms with Crippen LogP contribution in [0.5, 0.6) is 0 Å². The number of benzene rings is 1. The second-order valence-corrected chi connectivity index (χ2v) is 6.87. The number of aromatic nitrogens is 1. The first-order valence-corrected chi connectivity index (χ1v) is 7.75. The first-order valence-electron chi connectivity index (χ1n) is 6.04. The van der Waals surface area contributed by atoms with Crippen LogP contribution in [0.3, 0.4) is 0 Å². The fourth-order valence-electron chi connectivity index (χ4n) is 2.23. The molecule has 1 aliphatic rings. The Bertz CT molecular complexity index is 780. The zero-order valence-electron chi connectivity index (χ0n) is 10.4. The molecule has 1 saturated heterocycles. The van der Waals surface area contributed by atoms with Crippen LogP contribution in [0.4, 0.5) is 0 Å². The zero-order chi connectivity index (χ0) is 14.3. The maximum absolute atomic E-state index is 12.0. The number of carboxylic acid groups (broad SMARTS) is 1. The molecule has 1 aromatic heterocycles. The Morgan fingerprint density at radius 3 is 2.95 bits per heavy atom. The highest BCUT2D eigenvalue weighted by Crippen LogP contribution is 2.28. The Morgan fingerprint density at radius 2 is 2.25 bits per heavy atom. The van der Waals surface area contributed by atoms with Crippen LogP contribution < -0.4 is 5.32 Å². The Morgan fingerprint density at radius 1 is 1.45 bits per heavy atom. The number of sulfone groups is 1. The third kappa shape index (κ3) is 2.06. The Kier molecular flexibility index (Phi) is 2.98. The maximum atomic E-state index is 12.0. The molecular formula is C12H12N2O5S. The second-order valence-electron chi connectivity index (χ2n) is 4.57. The van der Waals surface area contributed by atoms with Crippen LogP contribution in [0.1, 0.15) is 21.5 Å². The molecule has 0 saturated carbocycles. The highest BCUT2D eigenvalue weighted by molar-refractivity contribution is 7.91. The van der Waals surface area contributed by atoms with Gasteiger partial charge in [-0.25, -0.2) is 18.2 Å². The number of fused-ring (bicyclic) bond motifs is 1. The molecule has 106 valence electrons. The molecule has 0 bridgehead atoms. The first kappa shape index (κ1) is 13.1. The van der Waals surface area contributed by atoms with Crippen LogP contribution in [0.2, 0.25) is 0 Å². The van der Waals surface area contributed by atoms with Crippen LogP contribution in [0.15, 0.2) is 22.6 Å². The molecule has 3 rings (SSSR count). The number of carbonyl (C=O) groups is 1. The van der Waals surface area contributed by atoms with Crippen molar-refractivity contribution in [3.63, 3.8) is 0 Å². The SMILES string of the molecule is O=C(O)c1cccc2oc(C3CNCCS3(=O)=O)nc12. The lowest BCUT2D eigenvalue weighted by molar-refractivity contribution is 0.0699. The summed E-state index contributed by atoms with van der Waals surface area (Å²) in [5, 5.41) is 11.2. The lowest BCUT2D eigenvalue weighted by Crippen LogP contribution is -2.38. The van der Waals surface area contributed by atoms with E-state index in [0.717, 1.165) is 0 Å². The lowest BCUT2D eigenvalue weighted by atomic mass is 10.2. The van der Waals surface area contributed by atoms with Gasteiger partial charge in [-0.1, -0.05) is 6.07 Å². The average molecular weight is 296 g/mol. The van der Waals surface area contributed by atoms with E-state index < -0.39 is 21.1 Å². The van der Waals surface area contributed by atoms with Crippen LogP contribution in [0.25, 0.3) is 11.1 Å². The molecule has 0 aliphatic carbocycles.